The van der Waals surface area contributed by atoms with E-state index in [2.05, 4.69) is 24.6 Å². The maximum Gasteiger partial charge on any atom is 0.165 e. The number of rotatable bonds is 3. The zero-order valence-corrected chi connectivity index (χ0v) is 17.1. The van der Waals surface area contributed by atoms with Crippen molar-refractivity contribution in [1.29, 1.82) is 0 Å². The second kappa shape index (κ2) is 5.39. The lowest BCUT2D eigenvalue weighted by Gasteiger charge is -2.68. The number of piperidine rings is 1. The number of ketones is 1. The normalized spacial score (nSPS) is 43.2. The summed E-state index contributed by atoms with van der Waals surface area (Å²) in [6.07, 6.45) is 4.21. The molecule has 2 aliphatic heterocycles. The molecule has 2 fully saturated rings. The standard InChI is InChI=1S/C23H29NO4/c1-6-22-12-15(13(2)25)21(3,27-5)20-23(22)9-10-24(4)17(22)11-14-7-8-16(26)19(28-20)18(14)23/h6-8,15,17,20,26H,1,9-12H2,2-5H3/t15-,17+,20-,21+,22+,23-/m0/s1. The van der Waals surface area contributed by atoms with Gasteiger partial charge >= 0.3 is 0 Å². The van der Waals surface area contributed by atoms with Crippen LogP contribution in [-0.2, 0) is 21.4 Å². The van der Waals surface area contributed by atoms with E-state index in [9.17, 15) is 9.90 Å². The Kier molecular flexibility index (Phi) is 3.50. The Bertz CT molecular complexity index is 897. The predicted molar refractivity (Wildman–Crippen MR) is 106 cm³/mol. The molecule has 5 rings (SSSR count). The van der Waals surface area contributed by atoms with Gasteiger partial charge in [-0.3, -0.25) is 4.79 Å². The maximum atomic E-state index is 12.8. The van der Waals surface area contributed by atoms with Crippen molar-refractivity contribution < 1.29 is 19.4 Å². The molecular weight excluding hydrogens is 354 g/mol. The summed E-state index contributed by atoms with van der Waals surface area (Å²) in [5.41, 5.74) is 0.963. The van der Waals surface area contributed by atoms with Crippen LogP contribution in [0.2, 0.25) is 0 Å². The van der Waals surface area contributed by atoms with Gasteiger partial charge in [0.25, 0.3) is 0 Å². The summed E-state index contributed by atoms with van der Waals surface area (Å²) in [6, 6.07) is 4.03. The number of hydrogen-bond donors (Lipinski definition) is 1. The molecule has 6 atom stereocenters. The lowest BCUT2D eigenvalue weighted by Crippen LogP contribution is -2.77. The SMILES string of the molecule is C=C[C@]12C[C@@H](C(C)=O)[C@@](C)(OC)[C@@H]3Oc4c(O)ccc5c4[C@@]31CCN(C)[C@@H]2C5. The second-order valence-electron chi connectivity index (χ2n) is 9.37. The average molecular weight is 383 g/mol. The maximum absolute atomic E-state index is 12.8. The van der Waals surface area contributed by atoms with Crippen LogP contribution in [0.5, 0.6) is 11.5 Å². The van der Waals surface area contributed by atoms with Crippen LogP contribution in [0.4, 0.5) is 0 Å². The molecule has 2 aliphatic carbocycles. The summed E-state index contributed by atoms with van der Waals surface area (Å²) < 4.78 is 12.6. The van der Waals surface area contributed by atoms with Crippen molar-refractivity contribution in [3.63, 3.8) is 0 Å². The number of aromatic hydroxyl groups is 1. The van der Waals surface area contributed by atoms with Crippen molar-refractivity contribution in [2.45, 2.75) is 56.3 Å². The van der Waals surface area contributed by atoms with Crippen molar-refractivity contribution in [2.75, 3.05) is 20.7 Å². The molecule has 5 heteroatoms. The van der Waals surface area contributed by atoms with Gasteiger partial charge in [-0.25, -0.2) is 0 Å². The van der Waals surface area contributed by atoms with Crippen LogP contribution in [0, 0.1) is 11.3 Å². The summed E-state index contributed by atoms with van der Waals surface area (Å²) in [6.45, 7) is 8.91. The number of nitrogens with zero attached hydrogens (tertiary/aromatic N) is 1. The quantitative estimate of drug-likeness (QED) is 0.814. The zero-order valence-electron chi connectivity index (χ0n) is 17.1. The monoisotopic (exact) mass is 383 g/mol. The molecule has 0 radical (unpaired) electrons. The number of hydrogen-bond acceptors (Lipinski definition) is 5. The Balaban J connectivity index is 1.88. The third kappa shape index (κ3) is 1.70. The number of Topliss-reactive ketones (excluding diaryl/α,β-unsaturated/α-hetero) is 1. The third-order valence-corrected chi connectivity index (χ3v) is 8.63. The van der Waals surface area contributed by atoms with Crippen LogP contribution in [0.15, 0.2) is 24.8 Å². The van der Waals surface area contributed by atoms with E-state index in [4.69, 9.17) is 9.47 Å². The molecule has 1 aromatic rings. The number of phenolic OH excluding ortho intramolecular Hbond substituents is 1. The molecule has 5 nitrogen and oxygen atoms in total. The molecular formula is C23H29NO4. The first-order valence-corrected chi connectivity index (χ1v) is 10.2. The number of phenols is 1. The molecule has 1 saturated heterocycles. The summed E-state index contributed by atoms with van der Waals surface area (Å²) in [4.78, 5) is 15.2. The van der Waals surface area contributed by atoms with Crippen molar-refractivity contribution in [3.05, 3.63) is 35.9 Å². The van der Waals surface area contributed by atoms with Crippen molar-refractivity contribution >= 4 is 5.78 Å². The fourth-order valence-electron chi connectivity index (χ4n) is 7.30. The Morgan fingerprint density at radius 1 is 1.46 bits per heavy atom. The molecule has 4 aliphatic rings. The van der Waals surface area contributed by atoms with E-state index in [-0.39, 0.29) is 40.4 Å². The molecule has 2 bridgehead atoms. The fourth-order valence-corrected chi connectivity index (χ4v) is 7.30. The van der Waals surface area contributed by atoms with Crippen LogP contribution < -0.4 is 4.74 Å². The highest BCUT2D eigenvalue weighted by atomic mass is 16.6. The molecule has 1 saturated carbocycles. The van der Waals surface area contributed by atoms with E-state index in [1.807, 2.05) is 13.0 Å². The number of carbonyl (C=O) groups excluding carboxylic acids is 1. The first kappa shape index (κ1) is 18.2. The highest BCUT2D eigenvalue weighted by Gasteiger charge is 2.76. The molecule has 1 aromatic carbocycles. The van der Waals surface area contributed by atoms with E-state index < -0.39 is 5.60 Å². The summed E-state index contributed by atoms with van der Waals surface area (Å²) in [7, 11) is 3.85. The first-order valence-electron chi connectivity index (χ1n) is 10.2. The highest BCUT2D eigenvalue weighted by Crippen LogP contribution is 2.72. The number of ether oxygens (including phenoxy) is 2. The van der Waals surface area contributed by atoms with Crippen LogP contribution in [-0.4, -0.2) is 54.2 Å². The van der Waals surface area contributed by atoms with Crippen LogP contribution >= 0.6 is 0 Å². The summed E-state index contributed by atoms with van der Waals surface area (Å²) >= 11 is 0. The van der Waals surface area contributed by atoms with E-state index in [0.29, 0.717) is 12.2 Å². The average Bonchev–Trinajstić information content (AvgIpc) is 3.04. The van der Waals surface area contributed by atoms with Crippen molar-refractivity contribution in [3.8, 4) is 11.5 Å². The minimum Gasteiger partial charge on any atom is -0.504 e. The van der Waals surface area contributed by atoms with Crippen LogP contribution in [0.25, 0.3) is 0 Å². The first-order chi connectivity index (χ1) is 13.3. The Hall–Kier alpha value is -1.85. The van der Waals surface area contributed by atoms with Crippen molar-refractivity contribution in [2.24, 2.45) is 11.3 Å². The summed E-state index contributed by atoms with van der Waals surface area (Å²) in [5.74, 6) is 0.594. The van der Waals surface area contributed by atoms with E-state index in [1.165, 1.54) is 5.56 Å². The van der Waals surface area contributed by atoms with Crippen molar-refractivity contribution in [1.82, 2.24) is 4.90 Å². The van der Waals surface area contributed by atoms with E-state index in [1.54, 1.807) is 20.1 Å². The number of likely N-dealkylation sites (N-methyl/N-ethyl adjacent to an activating group) is 1. The van der Waals surface area contributed by atoms with Gasteiger partial charge in [0.1, 0.15) is 17.5 Å². The number of likely N-dealkylation sites (tertiary alicyclic amines) is 1. The topological polar surface area (TPSA) is 59.0 Å². The number of methoxy groups -OCH3 is 1. The van der Waals surface area contributed by atoms with Gasteiger partial charge in [0, 0.05) is 24.1 Å². The molecule has 0 amide bonds. The van der Waals surface area contributed by atoms with Crippen LogP contribution in [0.1, 0.15) is 37.8 Å². The highest BCUT2D eigenvalue weighted by molar-refractivity contribution is 5.81. The van der Waals surface area contributed by atoms with Gasteiger partial charge in [0.2, 0.25) is 0 Å². The molecule has 0 aromatic heterocycles. The Morgan fingerprint density at radius 2 is 2.21 bits per heavy atom. The van der Waals surface area contributed by atoms with Crippen LogP contribution in [0.3, 0.4) is 0 Å². The predicted octanol–water partition coefficient (Wildman–Crippen LogP) is 2.84. The molecule has 28 heavy (non-hydrogen) atoms. The third-order valence-electron chi connectivity index (χ3n) is 8.63. The smallest absolute Gasteiger partial charge is 0.165 e. The fraction of sp³-hybridized carbons (Fsp3) is 0.609. The van der Waals surface area contributed by atoms with Gasteiger partial charge in [-0.1, -0.05) is 12.1 Å². The van der Waals surface area contributed by atoms with Gasteiger partial charge in [-0.05, 0) is 58.3 Å². The lowest BCUT2D eigenvalue weighted by molar-refractivity contribution is -0.212. The van der Waals surface area contributed by atoms with E-state index in [0.717, 1.165) is 24.9 Å². The molecule has 0 unspecified atom stereocenters. The zero-order chi connectivity index (χ0) is 20.1. The Morgan fingerprint density at radius 3 is 2.86 bits per heavy atom. The molecule has 150 valence electrons. The van der Waals surface area contributed by atoms with Gasteiger partial charge in [-0.2, -0.15) is 0 Å². The van der Waals surface area contributed by atoms with Gasteiger partial charge in [-0.15, -0.1) is 6.58 Å². The van der Waals surface area contributed by atoms with Gasteiger partial charge in [0.15, 0.2) is 11.5 Å². The minimum absolute atomic E-state index is 0.121. The minimum atomic E-state index is -0.765. The molecule has 1 N–H and O–H groups in total. The van der Waals surface area contributed by atoms with Gasteiger partial charge in [0.05, 0.1) is 11.3 Å². The Labute approximate surface area is 166 Å². The largest absolute Gasteiger partial charge is 0.504 e. The summed E-state index contributed by atoms with van der Waals surface area (Å²) in [5, 5.41) is 10.7. The molecule has 2 heterocycles. The second-order valence-corrected chi connectivity index (χ2v) is 9.37. The number of benzene rings is 1. The molecule has 1 spiro atoms. The van der Waals surface area contributed by atoms with Gasteiger partial charge < -0.3 is 19.5 Å². The van der Waals surface area contributed by atoms with E-state index >= 15 is 0 Å². The lowest BCUT2D eigenvalue weighted by atomic mass is 9.39. The number of carbonyl (C=O) groups is 1.